The standard InChI is InChI=1S/C15H19ClN4O/c1-3-17-10-7-8-20(9-10)14-11-5-4-6-12(21-2)13(11)18-15(16)19-14/h4-6,10,17H,3,7-9H2,1-2H3/t10-/m0/s1. The molecule has 0 unspecified atom stereocenters. The van der Waals surface area contributed by atoms with Crippen LogP contribution in [-0.2, 0) is 0 Å². The molecule has 1 atom stereocenters. The summed E-state index contributed by atoms with van der Waals surface area (Å²) in [4.78, 5) is 11.0. The number of halogens is 1. The lowest BCUT2D eigenvalue weighted by Gasteiger charge is -2.20. The van der Waals surface area contributed by atoms with Gasteiger partial charge in [-0.25, -0.2) is 4.98 Å². The number of nitrogens with one attached hydrogen (secondary N) is 1. The van der Waals surface area contributed by atoms with Crippen LogP contribution in [0.4, 0.5) is 5.82 Å². The molecule has 3 rings (SSSR count). The zero-order chi connectivity index (χ0) is 14.8. The highest BCUT2D eigenvalue weighted by Gasteiger charge is 2.25. The summed E-state index contributed by atoms with van der Waals surface area (Å²) in [5, 5.41) is 4.73. The van der Waals surface area contributed by atoms with Crippen LogP contribution in [-0.4, -0.2) is 42.8 Å². The quantitative estimate of drug-likeness (QED) is 0.880. The van der Waals surface area contributed by atoms with Gasteiger partial charge in [-0.2, -0.15) is 4.98 Å². The number of ether oxygens (including phenoxy) is 1. The second kappa shape index (κ2) is 6.03. The fraction of sp³-hybridized carbons (Fsp3) is 0.467. The van der Waals surface area contributed by atoms with Gasteiger partial charge in [0.15, 0.2) is 0 Å². The van der Waals surface area contributed by atoms with Crippen LogP contribution < -0.4 is 15.0 Å². The van der Waals surface area contributed by atoms with Crippen LogP contribution in [0.3, 0.4) is 0 Å². The third kappa shape index (κ3) is 2.76. The highest BCUT2D eigenvalue weighted by Crippen LogP contribution is 2.32. The van der Waals surface area contributed by atoms with Gasteiger partial charge < -0.3 is 15.0 Å². The number of para-hydroxylation sites is 1. The average molecular weight is 307 g/mol. The van der Waals surface area contributed by atoms with Gasteiger partial charge in [0.25, 0.3) is 0 Å². The lowest BCUT2D eigenvalue weighted by atomic mass is 10.2. The van der Waals surface area contributed by atoms with E-state index in [0.717, 1.165) is 48.5 Å². The number of benzene rings is 1. The van der Waals surface area contributed by atoms with Crippen molar-refractivity contribution in [2.45, 2.75) is 19.4 Å². The van der Waals surface area contributed by atoms with Crippen LogP contribution in [0.5, 0.6) is 5.75 Å². The van der Waals surface area contributed by atoms with E-state index in [1.807, 2.05) is 18.2 Å². The highest BCUT2D eigenvalue weighted by molar-refractivity contribution is 6.29. The fourth-order valence-corrected chi connectivity index (χ4v) is 3.06. The molecule has 1 saturated heterocycles. The molecule has 1 aliphatic rings. The minimum Gasteiger partial charge on any atom is -0.494 e. The maximum absolute atomic E-state index is 6.11. The number of anilines is 1. The zero-order valence-corrected chi connectivity index (χ0v) is 13.0. The Labute approximate surface area is 129 Å². The predicted molar refractivity (Wildman–Crippen MR) is 85.4 cm³/mol. The van der Waals surface area contributed by atoms with Crippen molar-refractivity contribution in [3.8, 4) is 5.75 Å². The number of methoxy groups -OCH3 is 1. The Morgan fingerprint density at radius 3 is 3.05 bits per heavy atom. The molecule has 0 amide bonds. The molecule has 1 aliphatic heterocycles. The van der Waals surface area contributed by atoms with Gasteiger partial charge in [-0.3, -0.25) is 0 Å². The summed E-state index contributed by atoms with van der Waals surface area (Å²) in [5.74, 6) is 1.62. The van der Waals surface area contributed by atoms with Crippen molar-refractivity contribution in [2.24, 2.45) is 0 Å². The number of rotatable bonds is 4. The van der Waals surface area contributed by atoms with Crippen LogP contribution in [0.25, 0.3) is 10.9 Å². The van der Waals surface area contributed by atoms with Gasteiger partial charge in [-0.15, -0.1) is 0 Å². The summed E-state index contributed by atoms with van der Waals surface area (Å²) in [6, 6.07) is 6.37. The van der Waals surface area contributed by atoms with Crippen LogP contribution in [0, 0.1) is 0 Å². The monoisotopic (exact) mass is 306 g/mol. The Kier molecular flexibility index (Phi) is 4.12. The van der Waals surface area contributed by atoms with E-state index in [-0.39, 0.29) is 5.28 Å². The van der Waals surface area contributed by atoms with Crippen molar-refractivity contribution in [2.75, 3.05) is 31.6 Å². The molecule has 0 bridgehead atoms. The summed E-state index contributed by atoms with van der Waals surface area (Å²) in [6.45, 7) is 5.02. The van der Waals surface area contributed by atoms with E-state index in [0.29, 0.717) is 6.04 Å². The minimum absolute atomic E-state index is 0.258. The summed E-state index contributed by atoms with van der Waals surface area (Å²) in [6.07, 6.45) is 1.11. The molecule has 6 heteroatoms. The second-order valence-corrected chi connectivity index (χ2v) is 5.50. The van der Waals surface area contributed by atoms with Crippen molar-refractivity contribution in [1.29, 1.82) is 0 Å². The Bertz CT molecular complexity index is 649. The molecule has 1 N–H and O–H groups in total. The molecule has 1 aromatic carbocycles. The van der Waals surface area contributed by atoms with Gasteiger partial charge in [0.1, 0.15) is 17.1 Å². The molecule has 21 heavy (non-hydrogen) atoms. The molecule has 0 aliphatic carbocycles. The molecule has 0 radical (unpaired) electrons. The number of fused-ring (bicyclic) bond motifs is 1. The van der Waals surface area contributed by atoms with Crippen molar-refractivity contribution in [3.05, 3.63) is 23.5 Å². The first-order valence-electron chi connectivity index (χ1n) is 7.21. The Balaban J connectivity index is 2.03. The van der Waals surface area contributed by atoms with Crippen LogP contribution in [0.1, 0.15) is 13.3 Å². The number of hydrogen-bond donors (Lipinski definition) is 1. The molecule has 5 nitrogen and oxygen atoms in total. The smallest absolute Gasteiger partial charge is 0.225 e. The normalized spacial score (nSPS) is 18.4. The highest BCUT2D eigenvalue weighted by atomic mass is 35.5. The Morgan fingerprint density at radius 2 is 2.29 bits per heavy atom. The maximum atomic E-state index is 6.11. The van der Waals surface area contributed by atoms with E-state index >= 15 is 0 Å². The SMILES string of the molecule is CCN[C@H]1CCN(c2nc(Cl)nc3c(OC)cccc23)C1. The maximum Gasteiger partial charge on any atom is 0.225 e. The van der Waals surface area contributed by atoms with E-state index in [4.69, 9.17) is 16.3 Å². The molecule has 1 aromatic heterocycles. The van der Waals surface area contributed by atoms with Crippen molar-refractivity contribution >= 4 is 28.3 Å². The van der Waals surface area contributed by atoms with Crippen LogP contribution in [0.2, 0.25) is 5.28 Å². The van der Waals surface area contributed by atoms with E-state index in [1.54, 1.807) is 7.11 Å². The topological polar surface area (TPSA) is 50.3 Å². The van der Waals surface area contributed by atoms with E-state index < -0.39 is 0 Å². The van der Waals surface area contributed by atoms with Crippen LogP contribution >= 0.6 is 11.6 Å². The van der Waals surface area contributed by atoms with Gasteiger partial charge in [-0.05, 0) is 36.7 Å². The molecule has 2 heterocycles. The molecule has 0 spiro atoms. The lowest BCUT2D eigenvalue weighted by Crippen LogP contribution is -2.32. The summed E-state index contributed by atoms with van der Waals surface area (Å²) < 4.78 is 5.38. The number of hydrogen-bond acceptors (Lipinski definition) is 5. The van der Waals surface area contributed by atoms with E-state index in [9.17, 15) is 0 Å². The summed E-state index contributed by atoms with van der Waals surface area (Å²) >= 11 is 6.11. The minimum atomic E-state index is 0.258. The molecule has 0 saturated carbocycles. The third-order valence-corrected chi connectivity index (χ3v) is 4.01. The molecular weight excluding hydrogens is 288 g/mol. The molecule has 2 aromatic rings. The summed E-state index contributed by atoms with van der Waals surface area (Å²) in [7, 11) is 1.64. The van der Waals surface area contributed by atoms with E-state index in [2.05, 4.69) is 27.1 Å². The number of nitrogens with zero attached hydrogens (tertiary/aromatic N) is 3. The first kappa shape index (κ1) is 14.4. The number of likely N-dealkylation sites (N-methyl/N-ethyl adjacent to an activating group) is 1. The number of aromatic nitrogens is 2. The van der Waals surface area contributed by atoms with Crippen molar-refractivity contribution in [1.82, 2.24) is 15.3 Å². The average Bonchev–Trinajstić information content (AvgIpc) is 2.94. The Morgan fingerprint density at radius 1 is 1.43 bits per heavy atom. The largest absolute Gasteiger partial charge is 0.494 e. The first-order valence-corrected chi connectivity index (χ1v) is 7.59. The molecule has 1 fully saturated rings. The van der Waals surface area contributed by atoms with Crippen molar-refractivity contribution < 1.29 is 4.74 Å². The second-order valence-electron chi connectivity index (χ2n) is 5.16. The molecular formula is C15H19ClN4O. The fourth-order valence-electron chi connectivity index (χ4n) is 2.90. The van der Waals surface area contributed by atoms with E-state index in [1.165, 1.54) is 0 Å². The van der Waals surface area contributed by atoms with Gasteiger partial charge in [0.2, 0.25) is 5.28 Å². The first-order chi connectivity index (χ1) is 10.2. The van der Waals surface area contributed by atoms with Gasteiger partial charge >= 0.3 is 0 Å². The molecule has 112 valence electrons. The Hall–Kier alpha value is -1.59. The van der Waals surface area contributed by atoms with Crippen molar-refractivity contribution in [3.63, 3.8) is 0 Å². The van der Waals surface area contributed by atoms with Gasteiger partial charge in [0.05, 0.1) is 7.11 Å². The predicted octanol–water partition coefficient (Wildman–Crippen LogP) is 2.48. The van der Waals surface area contributed by atoms with Gasteiger partial charge in [-0.1, -0.05) is 13.0 Å². The third-order valence-electron chi connectivity index (χ3n) is 3.84. The summed E-state index contributed by atoms with van der Waals surface area (Å²) in [5.41, 5.74) is 0.766. The van der Waals surface area contributed by atoms with Crippen LogP contribution in [0.15, 0.2) is 18.2 Å². The lowest BCUT2D eigenvalue weighted by molar-refractivity contribution is 0.419. The zero-order valence-electron chi connectivity index (χ0n) is 12.3. The van der Waals surface area contributed by atoms with Gasteiger partial charge in [0, 0.05) is 24.5 Å².